The minimum atomic E-state index is -4.77. The van der Waals surface area contributed by atoms with E-state index in [0.29, 0.717) is 5.56 Å². The van der Waals surface area contributed by atoms with Gasteiger partial charge in [0.2, 0.25) is 5.95 Å². The van der Waals surface area contributed by atoms with E-state index in [1.807, 2.05) is 0 Å². The lowest BCUT2D eigenvalue weighted by Crippen LogP contribution is -2.16. The number of halogens is 5. The molecule has 0 bridgehead atoms. The Morgan fingerprint density at radius 1 is 0.947 bits per heavy atom. The van der Waals surface area contributed by atoms with E-state index < -0.39 is 23.9 Å². The molecule has 0 fully saturated rings. The van der Waals surface area contributed by atoms with E-state index in [1.165, 1.54) is 12.1 Å². The van der Waals surface area contributed by atoms with Crippen LogP contribution in [0.3, 0.4) is 0 Å². The van der Waals surface area contributed by atoms with E-state index in [0.717, 1.165) is 24.4 Å². The maximum atomic E-state index is 13.0. The van der Waals surface area contributed by atoms with E-state index in [1.54, 1.807) is 0 Å². The number of benzene rings is 1. The number of nitrogens with zero attached hydrogens (tertiary/aromatic N) is 1. The predicted octanol–water partition coefficient (Wildman–Crippen LogP) is 3.93. The molecule has 19 heavy (non-hydrogen) atoms. The number of aromatic nitrogens is 1. The van der Waals surface area contributed by atoms with Gasteiger partial charge in [-0.15, -0.1) is 13.2 Å². The van der Waals surface area contributed by atoms with Gasteiger partial charge in [-0.25, -0.2) is 9.37 Å². The summed E-state index contributed by atoms with van der Waals surface area (Å²) in [6.07, 6.45) is -3.69. The van der Waals surface area contributed by atoms with Crippen molar-refractivity contribution in [2.24, 2.45) is 0 Å². The molecule has 2 aromatic rings. The van der Waals surface area contributed by atoms with Crippen molar-refractivity contribution >= 4 is 0 Å². The zero-order valence-corrected chi connectivity index (χ0v) is 9.21. The topological polar surface area (TPSA) is 22.1 Å². The molecule has 0 spiro atoms. The SMILES string of the molecule is Fc1cc(-c2ccc(OC(F)(F)F)cc2)cnc1F. The molecular formula is C12H6F5NO. The first kappa shape index (κ1) is 13.3. The fourth-order valence-electron chi connectivity index (χ4n) is 1.43. The van der Waals surface area contributed by atoms with E-state index in [-0.39, 0.29) is 5.56 Å². The Hall–Kier alpha value is -2.18. The first-order valence-electron chi connectivity index (χ1n) is 5.02. The first-order chi connectivity index (χ1) is 8.85. The summed E-state index contributed by atoms with van der Waals surface area (Å²) in [5.41, 5.74) is 0.637. The second kappa shape index (κ2) is 4.83. The van der Waals surface area contributed by atoms with Crippen molar-refractivity contribution in [3.05, 3.63) is 48.3 Å². The summed E-state index contributed by atoms with van der Waals surface area (Å²) in [6, 6.07) is 5.63. The second-order valence-corrected chi connectivity index (χ2v) is 3.57. The monoisotopic (exact) mass is 275 g/mol. The molecule has 2 rings (SSSR count). The Labute approximate surface area is 104 Å². The maximum Gasteiger partial charge on any atom is 0.573 e. The van der Waals surface area contributed by atoms with Crippen LogP contribution in [0.2, 0.25) is 0 Å². The highest BCUT2D eigenvalue weighted by Gasteiger charge is 2.30. The van der Waals surface area contributed by atoms with Crippen molar-refractivity contribution in [3.8, 4) is 16.9 Å². The van der Waals surface area contributed by atoms with Gasteiger partial charge in [-0.1, -0.05) is 12.1 Å². The molecule has 0 aliphatic carbocycles. The predicted molar refractivity (Wildman–Crippen MR) is 56.3 cm³/mol. The van der Waals surface area contributed by atoms with Gasteiger partial charge in [0.05, 0.1) is 0 Å². The van der Waals surface area contributed by atoms with E-state index in [2.05, 4.69) is 9.72 Å². The lowest BCUT2D eigenvalue weighted by atomic mass is 10.1. The normalized spacial score (nSPS) is 11.4. The number of rotatable bonds is 2. The molecule has 0 unspecified atom stereocenters. The molecule has 0 N–H and O–H groups in total. The van der Waals surface area contributed by atoms with Gasteiger partial charge in [-0.05, 0) is 23.8 Å². The van der Waals surface area contributed by atoms with Gasteiger partial charge < -0.3 is 4.74 Å². The van der Waals surface area contributed by atoms with Gasteiger partial charge in [-0.3, -0.25) is 0 Å². The summed E-state index contributed by atoms with van der Waals surface area (Å²) in [7, 11) is 0. The number of alkyl halides is 3. The van der Waals surface area contributed by atoms with Crippen LogP contribution in [0.15, 0.2) is 36.5 Å². The second-order valence-electron chi connectivity index (χ2n) is 3.57. The van der Waals surface area contributed by atoms with E-state index in [4.69, 9.17) is 0 Å². The molecule has 0 aliphatic rings. The summed E-state index contributed by atoms with van der Waals surface area (Å²) >= 11 is 0. The third-order valence-electron chi connectivity index (χ3n) is 2.22. The minimum Gasteiger partial charge on any atom is -0.406 e. The van der Waals surface area contributed by atoms with Crippen LogP contribution in [-0.2, 0) is 0 Å². The van der Waals surface area contributed by atoms with Crippen LogP contribution in [0, 0.1) is 11.8 Å². The van der Waals surface area contributed by atoms with Gasteiger partial charge in [0.25, 0.3) is 0 Å². The Bertz CT molecular complexity index is 580. The lowest BCUT2D eigenvalue weighted by Gasteiger charge is -2.09. The van der Waals surface area contributed by atoms with Crippen molar-refractivity contribution < 1.29 is 26.7 Å². The average Bonchev–Trinajstić information content (AvgIpc) is 2.32. The van der Waals surface area contributed by atoms with Crippen LogP contribution in [0.4, 0.5) is 22.0 Å². The highest BCUT2D eigenvalue weighted by Crippen LogP contribution is 2.26. The summed E-state index contributed by atoms with van der Waals surface area (Å²) < 4.78 is 65.1. The lowest BCUT2D eigenvalue weighted by molar-refractivity contribution is -0.274. The van der Waals surface area contributed by atoms with Crippen molar-refractivity contribution in [1.82, 2.24) is 4.98 Å². The molecule has 2 nitrogen and oxygen atoms in total. The Kier molecular flexibility index (Phi) is 3.37. The maximum absolute atomic E-state index is 13.0. The molecule has 1 heterocycles. The highest BCUT2D eigenvalue weighted by atomic mass is 19.4. The van der Waals surface area contributed by atoms with Crippen molar-refractivity contribution in [2.75, 3.05) is 0 Å². The fraction of sp³-hybridized carbons (Fsp3) is 0.0833. The smallest absolute Gasteiger partial charge is 0.406 e. The van der Waals surface area contributed by atoms with Crippen LogP contribution in [-0.4, -0.2) is 11.3 Å². The van der Waals surface area contributed by atoms with Crippen LogP contribution in [0.1, 0.15) is 0 Å². The number of pyridine rings is 1. The Morgan fingerprint density at radius 2 is 1.58 bits per heavy atom. The fourth-order valence-corrected chi connectivity index (χ4v) is 1.43. The Morgan fingerprint density at radius 3 is 2.11 bits per heavy atom. The zero-order chi connectivity index (χ0) is 14.0. The van der Waals surface area contributed by atoms with Gasteiger partial charge >= 0.3 is 6.36 Å². The van der Waals surface area contributed by atoms with Crippen LogP contribution < -0.4 is 4.74 Å². The standard InChI is InChI=1S/C12H6F5NO/c13-10-5-8(6-18-11(10)14)7-1-3-9(4-2-7)19-12(15,16)17/h1-6H. The van der Waals surface area contributed by atoms with Crippen LogP contribution in [0.5, 0.6) is 5.75 Å². The third kappa shape index (κ3) is 3.40. The molecule has 0 radical (unpaired) electrons. The molecule has 0 amide bonds. The summed E-state index contributed by atoms with van der Waals surface area (Å²) in [5, 5.41) is 0. The quantitative estimate of drug-likeness (QED) is 0.612. The van der Waals surface area contributed by atoms with Crippen molar-refractivity contribution in [3.63, 3.8) is 0 Å². The largest absolute Gasteiger partial charge is 0.573 e. The van der Waals surface area contributed by atoms with Crippen molar-refractivity contribution in [1.29, 1.82) is 0 Å². The number of ether oxygens (including phenoxy) is 1. The summed E-state index contributed by atoms with van der Waals surface area (Å²) in [6.45, 7) is 0. The number of hydrogen-bond donors (Lipinski definition) is 0. The molecule has 0 saturated heterocycles. The Balaban J connectivity index is 2.25. The number of hydrogen-bond acceptors (Lipinski definition) is 2. The molecule has 0 aliphatic heterocycles. The zero-order valence-electron chi connectivity index (χ0n) is 9.21. The molecule has 1 aromatic carbocycles. The highest BCUT2D eigenvalue weighted by molar-refractivity contribution is 5.63. The molecule has 1 aromatic heterocycles. The summed E-state index contributed by atoms with van der Waals surface area (Å²) in [4.78, 5) is 3.18. The van der Waals surface area contributed by atoms with E-state index in [9.17, 15) is 22.0 Å². The van der Waals surface area contributed by atoms with Crippen LogP contribution >= 0.6 is 0 Å². The molecule has 7 heteroatoms. The first-order valence-corrected chi connectivity index (χ1v) is 5.02. The third-order valence-corrected chi connectivity index (χ3v) is 2.22. The van der Waals surface area contributed by atoms with Crippen molar-refractivity contribution in [2.45, 2.75) is 6.36 Å². The summed E-state index contributed by atoms with van der Waals surface area (Å²) in [5.74, 6) is -2.76. The van der Waals surface area contributed by atoms with Gasteiger partial charge in [0, 0.05) is 11.8 Å². The average molecular weight is 275 g/mol. The molecule has 0 atom stereocenters. The van der Waals surface area contributed by atoms with E-state index >= 15 is 0 Å². The molecule has 0 saturated carbocycles. The van der Waals surface area contributed by atoms with Crippen LogP contribution in [0.25, 0.3) is 11.1 Å². The molecular weight excluding hydrogens is 269 g/mol. The van der Waals surface area contributed by atoms with Gasteiger partial charge in [0.15, 0.2) is 5.82 Å². The van der Waals surface area contributed by atoms with Gasteiger partial charge in [-0.2, -0.15) is 4.39 Å². The van der Waals surface area contributed by atoms with Gasteiger partial charge in [0.1, 0.15) is 5.75 Å². The minimum absolute atomic E-state index is 0.248. The molecule has 100 valence electrons.